The molecular weight excluding hydrogens is 216 g/mol. The summed E-state index contributed by atoms with van der Waals surface area (Å²) in [5.41, 5.74) is 0. The predicted octanol–water partition coefficient (Wildman–Crippen LogP) is 3.52. The number of alkyl halides is 1. The van der Waals surface area contributed by atoms with Crippen LogP contribution in [0.3, 0.4) is 0 Å². The molecule has 0 N–H and O–H groups in total. The smallest absolute Gasteiger partial charge is 0.133 e. The number of hydrogen-bond acceptors (Lipinski definition) is 1. The van der Waals surface area contributed by atoms with Crippen LogP contribution in [0.15, 0.2) is 0 Å². The Morgan fingerprint density at radius 2 is 1.83 bits per heavy atom. The molecule has 0 amide bonds. The SMILES string of the molecule is C[C](C)CC(=O)CCCCCBr. The molecule has 0 spiro atoms. The van der Waals surface area contributed by atoms with Crippen molar-refractivity contribution in [3.05, 3.63) is 5.92 Å². The highest BCUT2D eigenvalue weighted by Gasteiger charge is 2.04. The van der Waals surface area contributed by atoms with Crippen LogP contribution < -0.4 is 0 Å². The Hall–Kier alpha value is 0.150. The van der Waals surface area contributed by atoms with Gasteiger partial charge >= 0.3 is 0 Å². The lowest BCUT2D eigenvalue weighted by atomic mass is 10.0. The number of ketones is 1. The normalized spacial score (nSPS) is 10.7. The molecule has 71 valence electrons. The van der Waals surface area contributed by atoms with Gasteiger partial charge in [-0.25, -0.2) is 0 Å². The van der Waals surface area contributed by atoms with Crippen LogP contribution in [0.2, 0.25) is 0 Å². The van der Waals surface area contributed by atoms with E-state index in [-0.39, 0.29) is 0 Å². The summed E-state index contributed by atoms with van der Waals surface area (Å²) in [5.74, 6) is 1.62. The van der Waals surface area contributed by atoms with E-state index in [1.54, 1.807) is 0 Å². The topological polar surface area (TPSA) is 17.1 Å². The number of rotatable bonds is 7. The van der Waals surface area contributed by atoms with Gasteiger partial charge in [-0.3, -0.25) is 4.79 Å². The van der Waals surface area contributed by atoms with Crippen molar-refractivity contribution < 1.29 is 4.79 Å². The van der Waals surface area contributed by atoms with Gasteiger partial charge in [0.1, 0.15) is 5.78 Å². The predicted molar refractivity (Wildman–Crippen MR) is 56.5 cm³/mol. The van der Waals surface area contributed by atoms with Gasteiger partial charge in [0.15, 0.2) is 0 Å². The Bertz CT molecular complexity index is 121. The van der Waals surface area contributed by atoms with E-state index >= 15 is 0 Å². The van der Waals surface area contributed by atoms with Crippen molar-refractivity contribution in [1.82, 2.24) is 0 Å². The van der Waals surface area contributed by atoms with E-state index in [1.165, 1.54) is 18.8 Å². The maximum absolute atomic E-state index is 11.2. The minimum absolute atomic E-state index is 0.393. The summed E-state index contributed by atoms with van der Waals surface area (Å²) in [5, 5.41) is 1.06. The molecule has 0 aliphatic heterocycles. The maximum atomic E-state index is 11.2. The first-order valence-corrected chi connectivity index (χ1v) is 5.65. The largest absolute Gasteiger partial charge is 0.300 e. The first-order chi connectivity index (χ1) is 5.66. The number of carbonyl (C=O) groups excluding carboxylic acids is 1. The van der Waals surface area contributed by atoms with Crippen molar-refractivity contribution in [2.45, 2.75) is 46.0 Å². The molecule has 0 aliphatic carbocycles. The second-order valence-electron chi connectivity index (χ2n) is 3.42. The standard InChI is InChI=1S/C10H18BrO/c1-9(2)8-10(12)6-4-3-5-7-11/h3-8H2,1-2H3. The zero-order valence-corrected chi connectivity index (χ0v) is 9.61. The zero-order valence-electron chi connectivity index (χ0n) is 8.03. The van der Waals surface area contributed by atoms with Crippen LogP contribution in [0.25, 0.3) is 0 Å². The quantitative estimate of drug-likeness (QED) is 0.486. The van der Waals surface area contributed by atoms with Gasteiger partial charge in [-0.1, -0.05) is 36.2 Å². The molecule has 0 heterocycles. The zero-order chi connectivity index (χ0) is 9.40. The lowest BCUT2D eigenvalue weighted by Crippen LogP contribution is -2.01. The van der Waals surface area contributed by atoms with Crippen LogP contribution in [0.1, 0.15) is 46.0 Å². The summed E-state index contributed by atoms with van der Waals surface area (Å²) in [4.78, 5) is 11.2. The molecule has 1 nitrogen and oxygen atoms in total. The molecule has 2 heteroatoms. The molecule has 0 aromatic rings. The van der Waals surface area contributed by atoms with Gasteiger partial charge in [-0.15, -0.1) is 0 Å². The molecule has 0 unspecified atom stereocenters. The number of Topliss-reactive ketones (excluding diaryl/α,β-unsaturated/α-hetero) is 1. The van der Waals surface area contributed by atoms with E-state index in [9.17, 15) is 4.79 Å². The number of halogens is 1. The van der Waals surface area contributed by atoms with Crippen LogP contribution in [0.5, 0.6) is 0 Å². The molecule has 0 aliphatic rings. The summed E-state index contributed by atoms with van der Waals surface area (Å²) < 4.78 is 0. The van der Waals surface area contributed by atoms with Gasteiger partial charge in [0.25, 0.3) is 0 Å². The van der Waals surface area contributed by atoms with E-state index in [0.717, 1.165) is 18.2 Å². The Labute approximate surface area is 84.1 Å². The fourth-order valence-corrected chi connectivity index (χ4v) is 1.47. The molecule has 0 saturated heterocycles. The molecule has 1 radical (unpaired) electrons. The van der Waals surface area contributed by atoms with Crippen LogP contribution in [0, 0.1) is 5.92 Å². The van der Waals surface area contributed by atoms with Gasteiger partial charge in [-0.2, -0.15) is 0 Å². The number of unbranched alkanes of at least 4 members (excludes halogenated alkanes) is 2. The Morgan fingerprint density at radius 1 is 1.17 bits per heavy atom. The third-order valence-electron chi connectivity index (χ3n) is 1.64. The minimum Gasteiger partial charge on any atom is -0.300 e. The summed E-state index contributed by atoms with van der Waals surface area (Å²) in [6, 6.07) is 0. The first kappa shape index (κ1) is 12.2. The fourth-order valence-electron chi connectivity index (χ4n) is 1.08. The van der Waals surface area contributed by atoms with Crippen LogP contribution in [-0.4, -0.2) is 11.1 Å². The molecule has 12 heavy (non-hydrogen) atoms. The molecule has 0 aromatic heterocycles. The molecule has 0 fully saturated rings. The van der Waals surface area contributed by atoms with Gasteiger partial charge in [0, 0.05) is 18.2 Å². The van der Waals surface area contributed by atoms with E-state index in [2.05, 4.69) is 15.9 Å². The average Bonchev–Trinajstić information content (AvgIpc) is 1.97. The van der Waals surface area contributed by atoms with Crippen LogP contribution in [-0.2, 0) is 4.79 Å². The van der Waals surface area contributed by atoms with Crippen molar-refractivity contribution in [3.63, 3.8) is 0 Å². The third-order valence-corrected chi connectivity index (χ3v) is 2.20. The molecule has 0 rings (SSSR count). The van der Waals surface area contributed by atoms with Gasteiger partial charge in [0.2, 0.25) is 0 Å². The van der Waals surface area contributed by atoms with Crippen molar-refractivity contribution in [2.24, 2.45) is 0 Å². The second-order valence-corrected chi connectivity index (χ2v) is 4.22. The molecule has 0 bridgehead atoms. The monoisotopic (exact) mass is 233 g/mol. The highest BCUT2D eigenvalue weighted by molar-refractivity contribution is 9.09. The Morgan fingerprint density at radius 3 is 2.33 bits per heavy atom. The molecule has 0 saturated carbocycles. The highest BCUT2D eigenvalue weighted by Crippen LogP contribution is 2.09. The fraction of sp³-hybridized carbons (Fsp3) is 0.800. The van der Waals surface area contributed by atoms with E-state index in [4.69, 9.17) is 0 Å². The van der Waals surface area contributed by atoms with Crippen molar-refractivity contribution >= 4 is 21.7 Å². The molecule has 0 aromatic carbocycles. The van der Waals surface area contributed by atoms with Crippen LogP contribution >= 0.6 is 15.9 Å². The van der Waals surface area contributed by atoms with Crippen molar-refractivity contribution in [3.8, 4) is 0 Å². The Balaban J connectivity index is 3.20. The number of carbonyl (C=O) groups is 1. The van der Waals surface area contributed by atoms with E-state index in [0.29, 0.717) is 12.2 Å². The summed E-state index contributed by atoms with van der Waals surface area (Å²) in [7, 11) is 0. The van der Waals surface area contributed by atoms with Crippen LogP contribution in [0.4, 0.5) is 0 Å². The lowest BCUT2D eigenvalue weighted by molar-refractivity contribution is -0.118. The van der Waals surface area contributed by atoms with Gasteiger partial charge < -0.3 is 0 Å². The van der Waals surface area contributed by atoms with Gasteiger partial charge in [-0.05, 0) is 18.8 Å². The van der Waals surface area contributed by atoms with Gasteiger partial charge in [0.05, 0.1) is 0 Å². The molecular formula is C10H18BrO. The maximum Gasteiger partial charge on any atom is 0.133 e. The minimum atomic E-state index is 0.393. The third kappa shape index (κ3) is 8.25. The average molecular weight is 234 g/mol. The lowest BCUT2D eigenvalue weighted by Gasteiger charge is -2.02. The summed E-state index contributed by atoms with van der Waals surface area (Å²) in [6.07, 6.45) is 4.84. The summed E-state index contributed by atoms with van der Waals surface area (Å²) in [6.45, 7) is 4.02. The summed E-state index contributed by atoms with van der Waals surface area (Å²) >= 11 is 3.37. The second kappa shape index (κ2) is 7.78. The molecule has 0 atom stereocenters. The van der Waals surface area contributed by atoms with E-state index in [1.807, 2.05) is 13.8 Å². The number of hydrogen-bond donors (Lipinski definition) is 0. The first-order valence-electron chi connectivity index (χ1n) is 4.53. The van der Waals surface area contributed by atoms with Crippen molar-refractivity contribution in [1.29, 1.82) is 0 Å². The van der Waals surface area contributed by atoms with E-state index < -0.39 is 0 Å². The highest BCUT2D eigenvalue weighted by atomic mass is 79.9. The van der Waals surface area contributed by atoms with Crippen molar-refractivity contribution in [2.75, 3.05) is 5.33 Å². The Kier molecular flexibility index (Phi) is 7.88.